The van der Waals surface area contributed by atoms with Crippen molar-refractivity contribution in [3.8, 4) is 0 Å². The van der Waals surface area contributed by atoms with Gasteiger partial charge in [-0.25, -0.2) is 0 Å². The van der Waals surface area contributed by atoms with Crippen LogP contribution in [0.1, 0.15) is 32.4 Å². The lowest BCUT2D eigenvalue weighted by Crippen LogP contribution is -2.52. The predicted octanol–water partition coefficient (Wildman–Crippen LogP) is 1.58. The van der Waals surface area contributed by atoms with Gasteiger partial charge in [0.1, 0.15) is 0 Å². The fraction of sp³-hybridized carbons (Fsp3) is 0.643. The summed E-state index contributed by atoms with van der Waals surface area (Å²) in [5.74, 6) is 0. The molecule has 100 valence electrons. The van der Waals surface area contributed by atoms with Gasteiger partial charge in [0.05, 0.1) is 18.2 Å². The molecule has 1 aromatic heterocycles. The van der Waals surface area contributed by atoms with Crippen molar-refractivity contribution in [2.45, 2.75) is 38.5 Å². The van der Waals surface area contributed by atoms with Crippen molar-refractivity contribution >= 4 is 0 Å². The minimum absolute atomic E-state index is 0.0723. The molecule has 2 heterocycles. The Balaban J connectivity index is 2.21. The highest BCUT2D eigenvalue weighted by molar-refractivity contribution is 5.16. The summed E-state index contributed by atoms with van der Waals surface area (Å²) in [7, 11) is 0. The normalized spacial score (nSPS) is 23.6. The summed E-state index contributed by atoms with van der Waals surface area (Å²) in [4.78, 5) is 6.61. The lowest BCUT2D eigenvalue weighted by Gasteiger charge is -2.43. The van der Waals surface area contributed by atoms with Crippen LogP contribution in [-0.4, -0.2) is 41.2 Å². The van der Waals surface area contributed by atoms with Gasteiger partial charge >= 0.3 is 0 Å². The third-order valence-electron chi connectivity index (χ3n) is 3.37. The van der Waals surface area contributed by atoms with E-state index in [9.17, 15) is 0 Å². The number of nitrogens with two attached hydrogens (primary N) is 1. The molecule has 1 aliphatic heterocycles. The zero-order valence-electron chi connectivity index (χ0n) is 11.5. The van der Waals surface area contributed by atoms with Crippen molar-refractivity contribution in [1.82, 2.24) is 9.88 Å². The minimum Gasteiger partial charge on any atom is -0.373 e. The van der Waals surface area contributed by atoms with E-state index < -0.39 is 0 Å². The van der Waals surface area contributed by atoms with Gasteiger partial charge in [-0.2, -0.15) is 0 Å². The number of ether oxygens (including phenoxy) is 1. The number of nitrogens with zero attached hydrogens (tertiary/aromatic N) is 2. The number of hydrogen-bond donors (Lipinski definition) is 1. The van der Waals surface area contributed by atoms with E-state index in [-0.39, 0.29) is 17.7 Å². The molecule has 0 amide bonds. The Hall–Kier alpha value is -0.970. The van der Waals surface area contributed by atoms with Crippen molar-refractivity contribution < 1.29 is 4.74 Å². The van der Waals surface area contributed by atoms with Gasteiger partial charge < -0.3 is 10.5 Å². The van der Waals surface area contributed by atoms with Crippen LogP contribution in [0.2, 0.25) is 0 Å². The highest BCUT2D eigenvalue weighted by Crippen LogP contribution is 2.28. The van der Waals surface area contributed by atoms with Gasteiger partial charge in [0, 0.05) is 31.5 Å². The average molecular weight is 249 g/mol. The molecule has 1 aliphatic rings. The lowest BCUT2D eigenvalue weighted by molar-refractivity contribution is -0.0995. The first kappa shape index (κ1) is 13.5. The van der Waals surface area contributed by atoms with Crippen LogP contribution in [0.3, 0.4) is 0 Å². The quantitative estimate of drug-likeness (QED) is 0.883. The fourth-order valence-electron chi connectivity index (χ4n) is 2.69. The summed E-state index contributed by atoms with van der Waals surface area (Å²) in [5, 5.41) is 0. The van der Waals surface area contributed by atoms with Gasteiger partial charge in [-0.3, -0.25) is 9.88 Å². The van der Waals surface area contributed by atoms with Crippen LogP contribution in [0.25, 0.3) is 0 Å². The maximum absolute atomic E-state index is 6.18. The third kappa shape index (κ3) is 3.07. The molecule has 2 rings (SSSR count). The first-order valence-corrected chi connectivity index (χ1v) is 6.53. The van der Waals surface area contributed by atoms with E-state index in [0.29, 0.717) is 0 Å². The molecule has 0 aromatic carbocycles. The maximum atomic E-state index is 6.18. The summed E-state index contributed by atoms with van der Waals surface area (Å²) < 4.78 is 5.76. The molecule has 0 bridgehead atoms. The van der Waals surface area contributed by atoms with E-state index >= 15 is 0 Å². The second kappa shape index (κ2) is 5.34. The summed E-state index contributed by atoms with van der Waals surface area (Å²) in [6.07, 6.45) is 3.71. The summed E-state index contributed by atoms with van der Waals surface area (Å²) in [6.45, 7) is 8.89. The van der Waals surface area contributed by atoms with Crippen LogP contribution in [0.4, 0.5) is 0 Å². The zero-order valence-corrected chi connectivity index (χ0v) is 11.5. The van der Waals surface area contributed by atoms with Crippen molar-refractivity contribution in [3.05, 3.63) is 30.1 Å². The number of aromatic nitrogens is 1. The molecule has 1 saturated heterocycles. The lowest BCUT2D eigenvalue weighted by atomic mass is 9.97. The Labute approximate surface area is 109 Å². The van der Waals surface area contributed by atoms with Gasteiger partial charge in [0.2, 0.25) is 0 Å². The third-order valence-corrected chi connectivity index (χ3v) is 3.37. The Morgan fingerprint density at radius 1 is 1.50 bits per heavy atom. The molecule has 4 nitrogen and oxygen atoms in total. The highest BCUT2D eigenvalue weighted by Gasteiger charge is 2.33. The number of morpholine rings is 1. The molecule has 0 aliphatic carbocycles. The van der Waals surface area contributed by atoms with Crippen LogP contribution in [0.15, 0.2) is 24.5 Å². The number of hydrogen-bond acceptors (Lipinski definition) is 4. The molecule has 1 aromatic rings. The van der Waals surface area contributed by atoms with Gasteiger partial charge in [-0.15, -0.1) is 0 Å². The Kier molecular flexibility index (Phi) is 4.00. The van der Waals surface area contributed by atoms with Crippen LogP contribution < -0.4 is 5.73 Å². The average Bonchev–Trinajstić information content (AvgIpc) is 2.28. The maximum Gasteiger partial charge on any atom is 0.0753 e. The van der Waals surface area contributed by atoms with Crippen molar-refractivity contribution in [2.75, 3.05) is 19.7 Å². The molecule has 0 radical (unpaired) electrons. The zero-order chi connectivity index (χ0) is 13.2. The molecule has 2 N–H and O–H groups in total. The monoisotopic (exact) mass is 249 g/mol. The molecule has 0 saturated carbocycles. The Morgan fingerprint density at radius 2 is 2.28 bits per heavy atom. The Bertz CT molecular complexity index is 378. The molecule has 1 fully saturated rings. The van der Waals surface area contributed by atoms with Crippen LogP contribution in [0, 0.1) is 0 Å². The molecule has 4 heteroatoms. The smallest absolute Gasteiger partial charge is 0.0753 e. The predicted molar refractivity (Wildman–Crippen MR) is 72.2 cm³/mol. The molecule has 2 atom stereocenters. The summed E-state index contributed by atoms with van der Waals surface area (Å²) in [6, 6.07) is 4.35. The van der Waals surface area contributed by atoms with Crippen LogP contribution in [0.5, 0.6) is 0 Å². The summed E-state index contributed by atoms with van der Waals surface area (Å²) in [5.41, 5.74) is 7.26. The number of pyridine rings is 1. The summed E-state index contributed by atoms with van der Waals surface area (Å²) >= 11 is 0. The molecular formula is C14H23N3O. The topological polar surface area (TPSA) is 51.4 Å². The van der Waals surface area contributed by atoms with Gasteiger partial charge in [-0.05, 0) is 32.4 Å². The highest BCUT2D eigenvalue weighted by atomic mass is 16.5. The SMILES string of the molecule is CC(N)C(c1cccnc1)N1CCOC(C)(C)C1. The van der Waals surface area contributed by atoms with Crippen LogP contribution in [-0.2, 0) is 4.74 Å². The van der Waals surface area contributed by atoms with E-state index in [1.54, 1.807) is 6.20 Å². The standard InChI is InChI=1S/C14H23N3O/c1-11(15)13(12-5-4-6-16-9-12)17-7-8-18-14(2,3)10-17/h4-6,9,11,13H,7-8,10,15H2,1-3H3. The first-order chi connectivity index (χ1) is 8.49. The fourth-order valence-corrected chi connectivity index (χ4v) is 2.69. The minimum atomic E-state index is -0.104. The van der Waals surface area contributed by atoms with Gasteiger partial charge in [0.25, 0.3) is 0 Å². The van der Waals surface area contributed by atoms with Crippen LogP contribution >= 0.6 is 0 Å². The Morgan fingerprint density at radius 3 is 2.83 bits per heavy atom. The molecule has 18 heavy (non-hydrogen) atoms. The molecule has 2 unspecified atom stereocenters. The molecular weight excluding hydrogens is 226 g/mol. The van der Waals surface area contributed by atoms with Crippen molar-refractivity contribution in [2.24, 2.45) is 5.73 Å². The van der Waals surface area contributed by atoms with Gasteiger partial charge in [-0.1, -0.05) is 6.07 Å². The molecule has 0 spiro atoms. The van der Waals surface area contributed by atoms with E-state index in [1.165, 1.54) is 5.56 Å². The second-order valence-electron chi connectivity index (χ2n) is 5.67. The van der Waals surface area contributed by atoms with Crippen molar-refractivity contribution in [1.29, 1.82) is 0 Å². The van der Waals surface area contributed by atoms with Gasteiger partial charge in [0.15, 0.2) is 0 Å². The van der Waals surface area contributed by atoms with E-state index in [4.69, 9.17) is 10.5 Å². The van der Waals surface area contributed by atoms with E-state index in [2.05, 4.69) is 36.7 Å². The van der Waals surface area contributed by atoms with E-state index in [0.717, 1.165) is 19.7 Å². The largest absolute Gasteiger partial charge is 0.373 e. The first-order valence-electron chi connectivity index (χ1n) is 6.53. The number of rotatable bonds is 3. The second-order valence-corrected chi connectivity index (χ2v) is 5.67. The van der Waals surface area contributed by atoms with E-state index in [1.807, 2.05) is 12.3 Å². The van der Waals surface area contributed by atoms with Crippen molar-refractivity contribution in [3.63, 3.8) is 0 Å².